The average Bonchev–Trinajstić information content (AvgIpc) is 2.33. The van der Waals surface area contributed by atoms with Gasteiger partial charge in [-0.2, -0.15) is 0 Å². The van der Waals surface area contributed by atoms with E-state index in [0.717, 1.165) is 13.0 Å². The molecule has 0 aliphatic carbocycles. The average molecular weight is 245 g/mol. The van der Waals surface area contributed by atoms with E-state index in [9.17, 15) is 0 Å². The molecule has 1 radical (unpaired) electrons. The Morgan fingerprint density at radius 1 is 1.00 bits per heavy atom. The monoisotopic (exact) mass is 245 g/mol. The topological polar surface area (TPSA) is 27.7 Å². The van der Waals surface area contributed by atoms with Crippen molar-refractivity contribution >= 4 is 0 Å². The van der Waals surface area contributed by atoms with Gasteiger partial charge >= 0.3 is 0 Å². The molecule has 0 heterocycles. The summed E-state index contributed by atoms with van der Waals surface area (Å²) in [6, 6.07) is 0. The van der Waals surface area contributed by atoms with Crippen molar-refractivity contribution in [2.24, 2.45) is 0 Å². The van der Waals surface area contributed by atoms with Crippen molar-refractivity contribution in [2.45, 2.75) is 59.2 Å². The molecule has 2 atom stereocenters. The van der Waals surface area contributed by atoms with Gasteiger partial charge in [0.05, 0.1) is 25.4 Å². The lowest BCUT2D eigenvalue weighted by Gasteiger charge is -2.17. The van der Waals surface area contributed by atoms with E-state index in [1.807, 2.05) is 27.2 Å². The first-order chi connectivity index (χ1) is 8.20. The molecule has 0 saturated heterocycles. The third kappa shape index (κ3) is 12.1. The predicted molar refractivity (Wildman–Crippen MR) is 71.1 cm³/mol. The van der Waals surface area contributed by atoms with Gasteiger partial charge in [0.25, 0.3) is 0 Å². The van der Waals surface area contributed by atoms with E-state index >= 15 is 0 Å². The molecule has 0 fully saturated rings. The van der Waals surface area contributed by atoms with E-state index in [-0.39, 0.29) is 12.2 Å². The molecule has 17 heavy (non-hydrogen) atoms. The molecule has 0 N–H and O–H groups in total. The zero-order valence-corrected chi connectivity index (χ0v) is 11.9. The highest BCUT2D eigenvalue weighted by Crippen LogP contribution is 2.00. The van der Waals surface area contributed by atoms with Crippen LogP contribution >= 0.6 is 0 Å². The summed E-state index contributed by atoms with van der Waals surface area (Å²) in [4.78, 5) is 0. The first kappa shape index (κ1) is 16.9. The highest BCUT2D eigenvalue weighted by molar-refractivity contribution is 4.57. The van der Waals surface area contributed by atoms with Gasteiger partial charge in [0.2, 0.25) is 0 Å². The Balaban J connectivity index is 3.30. The van der Waals surface area contributed by atoms with Crippen LogP contribution in [0.15, 0.2) is 0 Å². The lowest BCUT2D eigenvalue weighted by molar-refractivity contribution is -0.0537. The summed E-state index contributed by atoms with van der Waals surface area (Å²) in [6.45, 7) is 11.1. The lowest BCUT2D eigenvalue weighted by Crippen LogP contribution is -2.23. The Kier molecular flexibility index (Phi) is 12.3. The van der Waals surface area contributed by atoms with Crippen LogP contribution in [-0.2, 0) is 14.2 Å². The Hall–Kier alpha value is -0.120. The molecule has 0 amide bonds. The number of hydrogen-bond donors (Lipinski definition) is 0. The van der Waals surface area contributed by atoms with E-state index in [4.69, 9.17) is 14.2 Å². The number of ether oxygens (including phenoxy) is 3. The first-order valence-corrected chi connectivity index (χ1v) is 6.79. The summed E-state index contributed by atoms with van der Waals surface area (Å²) in [5.74, 6) is 0. The standard InChI is InChI=1S/C14H29O3/c1-5-7-8-10-15-11-13(3)17-12-14(4)16-9-6-2/h6,13-14H,5,7-12H2,1-4H3. The molecular weight excluding hydrogens is 216 g/mol. The second kappa shape index (κ2) is 12.3. The molecule has 0 aromatic heterocycles. The molecule has 0 aromatic rings. The third-order valence-corrected chi connectivity index (χ3v) is 2.41. The van der Waals surface area contributed by atoms with Crippen LogP contribution in [0.25, 0.3) is 0 Å². The number of hydrogen-bond acceptors (Lipinski definition) is 3. The van der Waals surface area contributed by atoms with Crippen LogP contribution in [0.5, 0.6) is 0 Å². The van der Waals surface area contributed by atoms with Gasteiger partial charge in [0, 0.05) is 13.2 Å². The minimum absolute atomic E-state index is 0.147. The zero-order valence-electron chi connectivity index (χ0n) is 11.9. The number of rotatable bonds is 12. The van der Waals surface area contributed by atoms with Crippen molar-refractivity contribution in [3.63, 3.8) is 0 Å². The van der Waals surface area contributed by atoms with Gasteiger partial charge in [0.1, 0.15) is 0 Å². The summed E-state index contributed by atoms with van der Waals surface area (Å²) in [5.41, 5.74) is 0. The van der Waals surface area contributed by atoms with Crippen LogP contribution in [0.1, 0.15) is 47.0 Å². The van der Waals surface area contributed by atoms with Crippen LogP contribution in [0.3, 0.4) is 0 Å². The van der Waals surface area contributed by atoms with E-state index in [0.29, 0.717) is 19.8 Å². The second-order valence-electron chi connectivity index (χ2n) is 4.48. The van der Waals surface area contributed by atoms with Gasteiger partial charge in [-0.15, -0.1) is 0 Å². The second-order valence-corrected chi connectivity index (χ2v) is 4.48. The van der Waals surface area contributed by atoms with E-state index in [2.05, 4.69) is 6.92 Å². The minimum atomic E-state index is 0.147. The molecule has 2 unspecified atom stereocenters. The van der Waals surface area contributed by atoms with Gasteiger partial charge in [-0.25, -0.2) is 0 Å². The Labute approximate surface area is 107 Å². The Morgan fingerprint density at radius 3 is 2.35 bits per heavy atom. The van der Waals surface area contributed by atoms with Crippen molar-refractivity contribution in [2.75, 3.05) is 26.4 Å². The molecule has 3 heteroatoms. The van der Waals surface area contributed by atoms with Crippen molar-refractivity contribution < 1.29 is 14.2 Å². The Bertz CT molecular complexity index is 150. The van der Waals surface area contributed by atoms with E-state index in [1.54, 1.807) is 0 Å². The predicted octanol–water partition coefficient (Wildman–Crippen LogP) is 3.23. The summed E-state index contributed by atoms with van der Waals surface area (Å²) in [7, 11) is 0. The van der Waals surface area contributed by atoms with Crippen molar-refractivity contribution in [1.29, 1.82) is 0 Å². The maximum atomic E-state index is 5.64. The summed E-state index contributed by atoms with van der Waals surface area (Å²) >= 11 is 0. The van der Waals surface area contributed by atoms with Crippen LogP contribution in [0.2, 0.25) is 0 Å². The molecule has 0 rings (SSSR count). The molecule has 0 aliphatic heterocycles. The Morgan fingerprint density at radius 2 is 1.71 bits per heavy atom. The highest BCUT2D eigenvalue weighted by Gasteiger charge is 2.06. The molecule has 0 bridgehead atoms. The van der Waals surface area contributed by atoms with Crippen molar-refractivity contribution in [1.82, 2.24) is 0 Å². The molecule has 0 aliphatic rings. The fourth-order valence-corrected chi connectivity index (χ4v) is 1.36. The normalized spacial score (nSPS) is 14.8. The maximum Gasteiger partial charge on any atom is 0.0781 e. The molecule has 3 nitrogen and oxygen atoms in total. The SMILES string of the molecule is C[CH]COC(C)COC(C)COCCCCC. The molecule has 0 spiro atoms. The van der Waals surface area contributed by atoms with Crippen LogP contribution < -0.4 is 0 Å². The van der Waals surface area contributed by atoms with Crippen molar-refractivity contribution in [3.8, 4) is 0 Å². The molecule has 0 aromatic carbocycles. The summed E-state index contributed by atoms with van der Waals surface area (Å²) in [5, 5.41) is 0. The van der Waals surface area contributed by atoms with Crippen molar-refractivity contribution in [3.05, 3.63) is 6.42 Å². The fraction of sp³-hybridized carbons (Fsp3) is 0.929. The van der Waals surface area contributed by atoms with Gasteiger partial charge in [-0.05, 0) is 26.7 Å². The summed E-state index contributed by atoms with van der Waals surface area (Å²) in [6.07, 6.45) is 5.92. The third-order valence-electron chi connectivity index (χ3n) is 2.41. The van der Waals surface area contributed by atoms with E-state index in [1.165, 1.54) is 12.8 Å². The zero-order chi connectivity index (χ0) is 12.9. The van der Waals surface area contributed by atoms with E-state index < -0.39 is 0 Å². The smallest absolute Gasteiger partial charge is 0.0781 e. The molecule has 103 valence electrons. The lowest BCUT2D eigenvalue weighted by atomic mass is 10.3. The van der Waals surface area contributed by atoms with Crippen LogP contribution in [0, 0.1) is 6.42 Å². The maximum absolute atomic E-state index is 5.64. The highest BCUT2D eigenvalue weighted by atomic mass is 16.6. The molecular formula is C14H29O3. The molecule has 0 saturated carbocycles. The van der Waals surface area contributed by atoms with Gasteiger partial charge in [0.15, 0.2) is 0 Å². The first-order valence-electron chi connectivity index (χ1n) is 6.79. The fourth-order valence-electron chi connectivity index (χ4n) is 1.36. The van der Waals surface area contributed by atoms with Gasteiger partial charge in [-0.3, -0.25) is 0 Å². The minimum Gasteiger partial charge on any atom is -0.379 e. The number of unbranched alkanes of at least 4 members (excludes halogenated alkanes) is 2. The quantitative estimate of drug-likeness (QED) is 0.494. The van der Waals surface area contributed by atoms with Gasteiger partial charge < -0.3 is 14.2 Å². The van der Waals surface area contributed by atoms with Crippen LogP contribution in [-0.4, -0.2) is 38.6 Å². The largest absolute Gasteiger partial charge is 0.379 e. The summed E-state index contributed by atoms with van der Waals surface area (Å²) < 4.78 is 16.7. The van der Waals surface area contributed by atoms with Crippen LogP contribution in [0.4, 0.5) is 0 Å². The van der Waals surface area contributed by atoms with Gasteiger partial charge in [-0.1, -0.05) is 26.7 Å².